The lowest BCUT2D eigenvalue weighted by Crippen LogP contribution is -2.45. The van der Waals surface area contributed by atoms with Crippen molar-refractivity contribution in [3.05, 3.63) is 0 Å². The Bertz CT molecular complexity index is 174. The lowest BCUT2D eigenvalue weighted by Gasteiger charge is -2.31. The van der Waals surface area contributed by atoms with Gasteiger partial charge >= 0.3 is 5.97 Å². The minimum atomic E-state index is -0.871. The van der Waals surface area contributed by atoms with Crippen LogP contribution in [0.4, 0.5) is 4.39 Å². The molecule has 0 saturated carbocycles. The van der Waals surface area contributed by atoms with Crippen LogP contribution in [0.3, 0.4) is 0 Å². The second-order valence-corrected chi connectivity index (χ2v) is 3.25. The highest BCUT2D eigenvalue weighted by Crippen LogP contribution is 2.15. The maximum Gasteiger partial charge on any atom is 0.320 e. The fourth-order valence-electron chi connectivity index (χ4n) is 1.46. The van der Waals surface area contributed by atoms with E-state index in [1.165, 1.54) is 0 Å². The molecule has 1 heterocycles. The molecule has 0 aromatic rings. The van der Waals surface area contributed by atoms with Gasteiger partial charge in [0.15, 0.2) is 0 Å². The Morgan fingerprint density at radius 2 is 2.42 bits per heavy atom. The Balaban J connectivity index is 2.45. The number of halogens is 1. The predicted octanol–water partition coefficient (Wildman–Crippen LogP) is 0.893. The first-order valence-corrected chi connectivity index (χ1v) is 4.22. The van der Waals surface area contributed by atoms with E-state index in [9.17, 15) is 9.18 Å². The van der Waals surface area contributed by atoms with E-state index in [0.717, 1.165) is 6.42 Å². The van der Waals surface area contributed by atoms with Crippen molar-refractivity contribution in [3.63, 3.8) is 0 Å². The molecule has 0 aliphatic carbocycles. The van der Waals surface area contributed by atoms with Crippen LogP contribution in [0.1, 0.15) is 19.8 Å². The van der Waals surface area contributed by atoms with E-state index < -0.39 is 18.2 Å². The summed E-state index contributed by atoms with van der Waals surface area (Å²) < 4.78 is 12.8. The summed E-state index contributed by atoms with van der Waals surface area (Å²) in [6.07, 6.45) is 0.488. The Hall–Kier alpha value is -0.640. The highest BCUT2D eigenvalue weighted by Gasteiger charge is 2.26. The van der Waals surface area contributed by atoms with Crippen LogP contribution in [0.25, 0.3) is 0 Å². The molecule has 0 aromatic heterocycles. The molecule has 0 radical (unpaired) electrons. The molecule has 0 aromatic carbocycles. The molecule has 0 unspecified atom stereocenters. The molecule has 4 heteroatoms. The summed E-state index contributed by atoms with van der Waals surface area (Å²) in [7, 11) is 0. The zero-order valence-corrected chi connectivity index (χ0v) is 7.16. The van der Waals surface area contributed by atoms with Crippen molar-refractivity contribution in [2.45, 2.75) is 32.0 Å². The molecule has 1 aliphatic heterocycles. The lowest BCUT2D eigenvalue weighted by molar-refractivity contribution is -0.143. The van der Waals surface area contributed by atoms with Crippen LogP contribution in [0.5, 0.6) is 0 Å². The van der Waals surface area contributed by atoms with Crippen LogP contribution in [-0.2, 0) is 4.79 Å². The van der Waals surface area contributed by atoms with Crippen molar-refractivity contribution in [3.8, 4) is 0 Å². The number of carboxylic acids is 1. The van der Waals surface area contributed by atoms with Gasteiger partial charge < -0.3 is 5.11 Å². The van der Waals surface area contributed by atoms with Gasteiger partial charge in [0.25, 0.3) is 0 Å². The fourth-order valence-corrected chi connectivity index (χ4v) is 1.46. The molecule has 1 saturated heterocycles. The predicted molar refractivity (Wildman–Crippen MR) is 42.8 cm³/mol. The first kappa shape index (κ1) is 9.45. The number of carbonyl (C=O) groups is 1. The largest absolute Gasteiger partial charge is 0.480 e. The standard InChI is InChI=1S/C8H14FNO2/c1-6(8(11)12)10-4-2-3-7(9)5-10/h6-7H,2-5H2,1H3,(H,11,12)/t6-,7+/m0/s1. The molecule has 1 fully saturated rings. The average molecular weight is 175 g/mol. The number of piperidine rings is 1. The molecule has 1 rings (SSSR count). The van der Waals surface area contributed by atoms with Crippen LogP contribution >= 0.6 is 0 Å². The highest BCUT2D eigenvalue weighted by molar-refractivity contribution is 5.72. The van der Waals surface area contributed by atoms with E-state index in [1.807, 2.05) is 0 Å². The van der Waals surface area contributed by atoms with Crippen molar-refractivity contribution in [1.29, 1.82) is 0 Å². The number of nitrogens with zero attached hydrogens (tertiary/aromatic N) is 1. The maximum atomic E-state index is 12.8. The van der Waals surface area contributed by atoms with E-state index in [0.29, 0.717) is 13.0 Å². The quantitative estimate of drug-likeness (QED) is 0.677. The van der Waals surface area contributed by atoms with Crippen LogP contribution in [0, 0.1) is 0 Å². The molecular formula is C8H14FNO2. The van der Waals surface area contributed by atoms with E-state index >= 15 is 0 Å². The van der Waals surface area contributed by atoms with Crippen molar-refractivity contribution in [2.75, 3.05) is 13.1 Å². The topological polar surface area (TPSA) is 40.5 Å². The lowest BCUT2D eigenvalue weighted by atomic mass is 10.1. The molecule has 70 valence electrons. The molecule has 1 aliphatic rings. The molecule has 0 amide bonds. The summed E-state index contributed by atoms with van der Waals surface area (Å²) in [5.74, 6) is -0.871. The third kappa shape index (κ3) is 2.17. The summed E-state index contributed by atoms with van der Waals surface area (Å²) in [6, 6.07) is -0.552. The van der Waals surface area contributed by atoms with Gasteiger partial charge in [-0.2, -0.15) is 0 Å². The average Bonchev–Trinajstić information content (AvgIpc) is 2.03. The third-order valence-electron chi connectivity index (χ3n) is 2.30. The minimum Gasteiger partial charge on any atom is -0.480 e. The van der Waals surface area contributed by atoms with Gasteiger partial charge in [0.05, 0.1) is 0 Å². The summed E-state index contributed by atoms with van der Waals surface area (Å²) in [4.78, 5) is 12.2. The second kappa shape index (κ2) is 3.85. The van der Waals surface area contributed by atoms with E-state index in [2.05, 4.69) is 0 Å². The van der Waals surface area contributed by atoms with Crippen molar-refractivity contribution < 1.29 is 14.3 Å². The van der Waals surface area contributed by atoms with Gasteiger partial charge in [-0.1, -0.05) is 0 Å². The van der Waals surface area contributed by atoms with Gasteiger partial charge in [-0.05, 0) is 26.3 Å². The summed E-state index contributed by atoms with van der Waals surface area (Å²) in [5.41, 5.74) is 0. The van der Waals surface area contributed by atoms with Gasteiger partial charge in [0, 0.05) is 6.54 Å². The molecular weight excluding hydrogens is 161 g/mol. The normalized spacial score (nSPS) is 28.3. The molecule has 12 heavy (non-hydrogen) atoms. The van der Waals surface area contributed by atoms with E-state index in [-0.39, 0.29) is 6.54 Å². The van der Waals surface area contributed by atoms with Crippen molar-refractivity contribution in [2.24, 2.45) is 0 Å². The number of hydrogen-bond acceptors (Lipinski definition) is 2. The first-order chi connectivity index (χ1) is 5.61. The zero-order chi connectivity index (χ0) is 9.14. The van der Waals surface area contributed by atoms with E-state index in [1.54, 1.807) is 11.8 Å². The second-order valence-electron chi connectivity index (χ2n) is 3.25. The van der Waals surface area contributed by atoms with Crippen molar-refractivity contribution >= 4 is 5.97 Å². The Morgan fingerprint density at radius 1 is 1.75 bits per heavy atom. The first-order valence-electron chi connectivity index (χ1n) is 4.22. The molecule has 2 atom stereocenters. The molecule has 0 bridgehead atoms. The third-order valence-corrected chi connectivity index (χ3v) is 2.30. The highest BCUT2D eigenvalue weighted by atomic mass is 19.1. The van der Waals surface area contributed by atoms with Gasteiger partial charge in [0.2, 0.25) is 0 Å². The Labute approximate surface area is 71.2 Å². The van der Waals surface area contributed by atoms with Crippen molar-refractivity contribution in [1.82, 2.24) is 4.90 Å². The fraction of sp³-hybridized carbons (Fsp3) is 0.875. The summed E-state index contributed by atoms with van der Waals surface area (Å²) in [5, 5.41) is 8.66. The number of aliphatic carboxylic acids is 1. The molecule has 1 N–H and O–H groups in total. The number of carboxylic acid groups (broad SMARTS) is 1. The van der Waals surface area contributed by atoms with Crippen LogP contribution < -0.4 is 0 Å². The smallest absolute Gasteiger partial charge is 0.320 e. The summed E-state index contributed by atoms with van der Waals surface area (Å²) in [6.45, 7) is 2.57. The van der Waals surface area contributed by atoms with Crippen LogP contribution in [0.2, 0.25) is 0 Å². The molecule has 0 spiro atoms. The maximum absolute atomic E-state index is 12.8. The van der Waals surface area contributed by atoms with Gasteiger partial charge in [-0.15, -0.1) is 0 Å². The summed E-state index contributed by atoms with van der Waals surface area (Å²) >= 11 is 0. The van der Waals surface area contributed by atoms with E-state index in [4.69, 9.17) is 5.11 Å². The zero-order valence-electron chi connectivity index (χ0n) is 7.16. The van der Waals surface area contributed by atoms with Crippen LogP contribution in [-0.4, -0.2) is 41.3 Å². The number of alkyl halides is 1. The monoisotopic (exact) mass is 175 g/mol. The number of likely N-dealkylation sites (tertiary alicyclic amines) is 1. The van der Waals surface area contributed by atoms with Gasteiger partial charge in [0.1, 0.15) is 12.2 Å². The van der Waals surface area contributed by atoms with Gasteiger partial charge in [-0.3, -0.25) is 9.69 Å². The minimum absolute atomic E-state index is 0.271. The Kier molecular flexibility index (Phi) is 3.03. The number of rotatable bonds is 2. The SMILES string of the molecule is C[C@@H](C(=O)O)N1CCC[C@@H](F)C1. The number of hydrogen-bond donors (Lipinski definition) is 1. The molecule has 3 nitrogen and oxygen atoms in total. The Morgan fingerprint density at radius 3 is 2.92 bits per heavy atom. The van der Waals surface area contributed by atoms with Crippen LogP contribution in [0.15, 0.2) is 0 Å². The van der Waals surface area contributed by atoms with Gasteiger partial charge in [-0.25, -0.2) is 4.39 Å².